The van der Waals surface area contributed by atoms with Gasteiger partial charge in [-0.2, -0.15) is 15.0 Å². The molecular formula is C12H23N5O. The number of nitrogen functional groups attached to an aromatic ring is 1. The van der Waals surface area contributed by atoms with Gasteiger partial charge >= 0.3 is 6.01 Å². The average Bonchev–Trinajstić information content (AvgIpc) is 2.39. The van der Waals surface area contributed by atoms with E-state index in [2.05, 4.69) is 40.6 Å². The first-order chi connectivity index (χ1) is 8.64. The summed E-state index contributed by atoms with van der Waals surface area (Å²) in [7, 11) is 1.52. The van der Waals surface area contributed by atoms with Crippen molar-refractivity contribution in [2.24, 2.45) is 5.92 Å². The number of nitrogens with two attached hydrogens (primary N) is 1. The Morgan fingerprint density at radius 2 is 1.83 bits per heavy atom. The van der Waals surface area contributed by atoms with Gasteiger partial charge in [-0.25, -0.2) is 0 Å². The topological polar surface area (TPSA) is 77.2 Å². The van der Waals surface area contributed by atoms with Crippen molar-refractivity contribution < 1.29 is 4.74 Å². The SMILES string of the molecule is CCC(CC)CN(CC)c1nc(N)nc(OC)n1. The molecule has 2 N–H and O–H groups in total. The normalized spacial score (nSPS) is 10.7. The Hall–Kier alpha value is -1.59. The van der Waals surface area contributed by atoms with Gasteiger partial charge in [0, 0.05) is 13.1 Å². The van der Waals surface area contributed by atoms with Crippen LogP contribution in [-0.2, 0) is 0 Å². The predicted molar refractivity (Wildman–Crippen MR) is 72.8 cm³/mol. The molecule has 1 rings (SSSR count). The van der Waals surface area contributed by atoms with Crippen LogP contribution in [-0.4, -0.2) is 35.2 Å². The van der Waals surface area contributed by atoms with Crippen molar-refractivity contribution >= 4 is 11.9 Å². The van der Waals surface area contributed by atoms with E-state index >= 15 is 0 Å². The van der Waals surface area contributed by atoms with Crippen LogP contribution in [0.2, 0.25) is 0 Å². The summed E-state index contributed by atoms with van der Waals surface area (Å²) in [4.78, 5) is 14.4. The van der Waals surface area contributed by atoms with Crippen LogP contribution in [0.5, 0.6) is 6.01 Å². The maximum absolute atomic E-state index is 5.65. The zero-order chi connectivity index (χ0) is 13.5. The summed E-state index contributed by atoms with van der Waals surface area (Å²) in [5.41, 5.74) is 5.65. The number of anilines is 2. The van der Waals surface area contributed by atoms with E-state index in [1.54, 1.807) is 0 Å². The Morgan fingerprint density at radius 3 is 2.33 bits per heavy atom. The lowest BCUT2D eigenvalue weighted by molar-refractivity contribution is 0.378. The number of methoxy groups -OCH3 is 1. The molecule has 0 saturated carbocycles. The maximum atomic E-state index is 5.65. The monoisotopic (exact) mass is 253 g/mol. The first-order valence-electron chi connectivity index (χ1n) is 6.44. The fraction of sp³-hybridized carbons (Fsp3) is 0.750. The number of hydrogen-bond acceptors (Lipinski definition) is 6. The molecule has 1 aromatic rings. The maximum Gasteiger partial charge on any atom is 0.322 e. The molecule has 0 aliphatic carbocycles. The van der Waals surface area contributed by atoms with Crippen LogP contribution in [0.25, 0.3) is 0 Å². The van der Waals surface area contributed by atoms with E-state index in [0.29, 0.717) is 11.9 Å². The molecule has 0 radical (unpaired) electrons. The van der Waals surface area contributed by atoms with Crippen LogP contribution in [0, 0.1) is 5.92 Å². The zero-order valence-corrected chi connectivity index (χ0v) is 11.7. The molecule has 0 aromatic carbocycles. The molecule has 0 aliphatic heterocycles. The molecule has 0 spiro atoms. The van der Waals surface area contributed by atoms with Crippen LogP contribution < -0.4 is 15.4 Å². The lowest BCUT2D eigenvalue weighted by atomic mass is 10.0. The fourth-order valence-corrected chi connectivity index (χ4v) is 1.80. The largest absolute Gasteiger partial charge is 0.467 e. The van der Waals surface area contributed by atoms with Gasteiger partial charge in [-0.15, -0.1) is 0 Å². The molecule has 0 saturated heterocycles. The van der Waals surface area contributed by atoms with E-state index in [9.17, 15) is 0 Å². The van der Waals surface area contributed by atoms with Crippen LogP contribution in [0.1, 0.15) is 33.6 Å². The molecule has 0 fully saturated rings. The van der Waals surface area contributed by atoms with Gasteiger partial charge in [0.1, 0.15) is 0 Å². The third kappa shape index (κ3) is 3.72. The summed E-state index contributed by atoms with van der Waals surface area (Å²) in [6.45, 7) is 8.24. The highest BCUT2D eigenvalue weighted by Crippen LogP contribution is 2.17. The first-order valence-corrected chi connectivity index (χ1v) is 6.44. The number of aromatic nitrogens is 3. The molecule has 0 aliphatic rings. The highest BCUT2D eigenvalue weighted by atomic mass is 16.5. The third-order valence-electron chi connectivity index (χ3n) is 3.10. The smallest absolute Gasteiger partial charge is 0.322 e. The molecule has 1 aromatic heterocycles. The van der Waals surface area contributed by atoms with E-state index in [1.165, 1.54) is 7.11 Å². The average molecular weight is 253 g/mol. The highest BCUT2D eigenvalue weighted by molar-refractivity contribution is 5.35. The molecular weight excluding hydrogens is 230 g/mol. The Labute approximate surface area is 109 Å². The summed E-state index contributed by atoms with van der Waals surface area (Å²) < 4.78 is 5.02. The molecule has 6 heteroatoms. The Kier molecular flexibility index (Phi) is 5.61. The van der Waals surface area contributed by atoms with Crippen molar-refractivity contribution in [1.29, 1.82) is 0 Å². The van der Waals surface area contributed by atoms with Crippen molar-refractivity contribution in [2.75, 3.05) is 30.8 Å². The van der Waals surface area contributed by atoms with Crippen molar-refractivity contribution in [3.8, 4) is 6.01 Å². The van der Waals surface area contributed by atoms with Gasteiger partial charge in [-0.1, -0.05) is 26.7 Å². The molecule has 0 unspecified atom stereocenters. The number of nitrogens with zero attached hydrogens (tertiary/aromatic N) is 4. The fourth-order valence-electron chi connectivity index (χ4n) is 1.80. The Bertz CT molecular complexity index is 367. The van der Waals surface area contributed by atoms with E-state index in [-0.39, 0.29) is 12.0 Å². The lowest BCUT2D eigenvalue weighted by Gasteiger charge is -2.25. The Balaban J connectivity index is 2.90. The van der Waals surface area contributed by atoms with E-state index < -0.39 is 0 Å². The van der Waals surface area contributed by atoms with Gasteiger partial charge < -0.3 is 15.4 Å². The van der Waals surface area contributed by atoms with Crippen molar-refractivity contribution in [3.63, 3.8) is 0 Å². The second-order valence-corrected chi connectivity index (χ2v) is 4.20. The van der Waals surface area contributed by atoms with Gasteiger partial charge in [0.05, 0.1) is 7.11 Å². The minimum Gasteiger partial charge on any atom is -0.467 e. The van der Waals surface area contributed by atoms with Gasteiger partial charge in [-0.05, 0) is 12.8 Å². The second-order valence-electron chi connectivity index (χ2n) is 4.20. The number of rotatable bonds is 7. The lowest BCUT2D eigenvalue weighted by Crippen LogP contribution is -2.31. The summed E-state index contributed by atoms with van der Waals surface area (Å²) in [5.74, 6) is 1.42. The van der Waals surface area contributed by atoms with Crippen LogP contribution in [0.15, 0.2) is 0 Å². The first kappa shape index (κ1) is 14.5. The molecule has 0 amide bonds. The van der Waals surface area contributed by atoms with Crippen LogP contribution >= 0.6 is 0 Å². The summed E-state index contributed by atoms with van der Waals surface area (Å²) >= 11 is 0. The van der Waals surface area contributed by atoms with E-state index in [4.69, 9.17) is 10.5 Å². The second kappa shape index (κ2) is 6.98. The van der Waals surface area contributed by atoms with Gasteiger partial charge in [0.25, 0.3) is 0 Å². The Morgan fingerprint density at radius 1 is 1.17 bits per heavy atom. The number of hydrogen-bond donors (Lipinski definition) is 1. The predicted octanol–water partition coefficient (Wildman–Crippen LogP) is 1.72. The minimum atomic E-state index is 0.194. The van der Waals surface area contributed by atoms with Crippen molar-refractivity contribution in [3.05, 3.63) is 0 Å². The quantitative estimate of drug-likeness (QED) is 0.797. The number of ether oxygens (including phenoxy) is 1. The minimum absolute atomic E-state index is 0.194. The zero-order valence-electron chi connectivity index (χ0n) is 11.7. The molecule has 0 atom stereocenters. The molecule has 0 bridgehead atoms. The molecule has 6 nitrogen and oxygen atoms in total. The molecule has 102 valence electrons. The standard InChI is InChI=1S/C12H23N5O/c1-5-9(6-2)8-17(7-3)11-14-10(13)15-12(16-11)18-4/h9H,5-8H2,1-4H3,(H2,13,14,15,16). The molecule has 1 heterocycles. The summed E-state index contributed by atoms with van der Waals surface area (Å²) in [6.07, 6.45) is 2.29. The van der Waals surface area contributed by atoms with Crippen molar-refractivity contribution in [2.45, 2.75) is 33.6 Å². The van der Waals surface area contributed by atoms with Crippen LogP contribution in [0.4, 0.5) is 11.9 Å². The van der Waals surface area contributed by atoms with E-state index in [1.807, 2.05) is 0 Å². The van der Waals surface area contributed by atoms with Gasteiger partial charge in [0.2, 0.25) is 11.9 Å². The highest BCUT2D eigenvalue weighted by Gasteiger charge is 2.15. The van der Waals surface area contributed by atoms with E-state index in [0.717, 1.165) is 25.9 Å². The summed E-state index contributed by atoms with van der Waals surface area (Å²) in [5, 5.41) is 0. The van der Waals surface area contributed by atoms with Gasteiger partial charge in [0.15, 0.2) is 0 Å². The van der Waals surface area contributed by atoms with Crippen LogP contribution in [0.3, 0.4) is 0 Å². The van der Waals surface area contributed by atoms with Gasteiger partial charge in [-0.3, -0.25) is 0 Å². The third-order valence-corrected chi connectivity index (χ3v) is 3.10. The summed E-state index contributed by atoms with van der Waals surface area (Å²) in [6, 6.07) is 0.264. The van der Waals surface area contributed by atoms with Crippen molar-refractivity contribution in [1.82, 2.24) is 15.0 Å². The molecule has 18 heavy (non-hydrogen) atoms.